The third-order valence-corrected chi connectivity index (χ3v) is 4.09. The molecule has 124 valence electrons. The van der Waals surface area contributed by atoms with Crippen LogP contribution in [0.1, 0.15) is 11.3 Å². The Balaban J connectivity index is 1.90. The van der Waals surface area contributed by atoms with Crippen LogP contribution in [0.2, 0.25) is 0 Å². The van der Waals surface area contributed by atoms with Crippen LogP contribution >= 0.6 is 0 Å². The van der Waals surface area contributed by atoms with E-state index in [1.165, 1.54) is 16.8 Å². The summed E-state index contributed by atoms with van der Waals surface area (Å²) in [7, 11) is 0. The van der Waals surface area contributed by atoms with Crippen molar-refractivity contribution >= 4 is 10.9 Å². The molecule has 0 saturated heterocycles. The Kier molecular flexibility index (Phi) is 3.65. The fourth-order valence-corrected chi connectivity index (χ4v) is 2.90. The first kappa shape index (κ1) is 15.3. The number of halogens is 1. The first-order chi connectivity index (χ1) is 12.1. The molecule has 4 aromatic rings. The molecule has 5 nitrogen and oxygen atoms in total. The van der Waals surface area contributed by atoms with Gasteiger partial charge in [-0.15, -0.1) is 0 Å². The van der Waals surface area contributed by atoms with Crippen molar-refractivity contribution in [3.63, 3.8) is 0 Å². The Labute approximate surface area is 143 Å². The molecule has 0 aliphatic rings. The molecule has 0 atom stereocenters. The van der Waals surface area contributed by atoms with Gasteiger partial charge in [0.2, 0.25) is 0 Å². The minimum atomic E-state index is -0.335. The number of hydrogen-bond acceptors (Lipinski definition) is 3. The van der Waals surface area contributed by atoms with E-state index in [2.05, 4.69) is 10.2 Å². The fraction of sp³-hybridized carbons (Fsp3) is 0.105. The Morgan fingerprint density at radius 1 is 1.08 bits per heavy atom. The van der Waals surface area contributed by atoms with Gasteiger partial charge >= 0.3 is 0 Å². The summed E-state index contributed by atoms with van der Waals surface area (Å²) in [6.07, 6.45) is 1.65. The van der Waals surface area contributed by atoms with E-state index in [4.69, 9.17) is 0 Å². The predicted molar refractivity (Wildman–Crippen MR) is 93.4 cm³/mol. The van der Waals surface area contributed by atoms with Crippen molar-refractivity contribution in [2.45, 2.75) is 13.5 Å². The maximum Gasteiger partial charge on any atom is 0.293 e. The van der Waals surface area contributed by atoms with Crippen molar-refractivity contribution in [1.82, 2.24) is 19.6 Å². The van der Waals surface area contributed by atoms with E-state index in [-0.39, 0.29) is 17.9 Å². The van der Waals surface area contributed by atoms with Gasteiger partial charge in [-0.2, -0.15) is 10.2 Å². The molecule has 0 saturated carbocycles. The third-order valence-electron chi connectivity index (χ3n) is 4.09. The highest BCUT2D eigenvalue weighted by atomic mass is 19.1. The Hall–Kier alpha value is -3.28. The molecule has 0 aliphatic carbocycles. The van der Waals surface area contributed by atoms with Crippen LogP contribution in [0.3, 0.4) is 0 Å². The van der Waals surface area contributed by atoms with Crippen molar-refractivity contribution in [3.05, 3.63) is 88.2 Å². The lowest BCUT2D eigenvalue weighted by Crippen LogP contribution is -2.26. The monoisotopic (exact) mass is 334 g/mol. The number of fused-ring (bicyclic) bond motifs is 1. The van der Waals surface area contributed by atoms with Gasteiger partial charge in [0.15, 0.2) is 0 Å². The Morgan fingerprint density at radius 3 is 2.64 bits per heavy atom. The third kappa shape index (κ3) is 2.71. The van der Waals surface area contributed by atoms with Gasteiger partial charge in [-0.05, 0) is 36.8 Å². The van der Waals surface area contributed by atoms with Crippen LogP contribution in [0.15, 0.2) is 65.6 Å². The van der Waals surface area contributed by atoms with E-state index in [0.29, 0.717) is 22.2 Å². The maximum absolute atomic E-state index is 13.4. The summed E-state index contributed by atoms with van der Waals surface area (Å²) < 4.78 is 16.4. The standard InChI is InChI=1S/C19H15FN4O/c1-13-17-11-21-24(16-8-3-2-4-9-16)18(17)19(25)23(22-13)12-14-6-5-7-15(20)10-14/h2-11H,12H2,1H3. The van der Waals surface area contributed by atoms with Gasteiger partial charge in [-0.1, -0.05) is 30.3 Å². The molecule has 2 aromatic heterocycles. The molecule has 2 heterocycles. The first-order valence-electron chi connectivity index (χ1n) is 7.89. The highest BCUT2D eigenvalue weighted by molar-refractivity contribution is 5.81. The summed E-state index contributed by atoms with van der Waals surface area (Å²) in [5, 5.41) is 9.43. The number of hydrogen-bond donors (Lipinski definition) is 0. The van der Waals surface area contributed by atoms with Crippen LogP contribution in [0, 0.1) is 12.7 Å². The minimum Gasteiger partial charge on any atom is -0.265 e. The highest BCUT2D eigenvalue weighted by Crippen LogP contribution is 2.17. The SMILES string of the molecule is Cc1nn(Cc2cccc(F)c2)c(=O)c2c1cnn2-c1ccccc1. The second kappa shape index (κ2) is 5.98. The van der Waals surface area contributed by atoms with Crippen LogP contribution in [0.25, 0.3) is 16.6 Å². The molecule has 4 rings (SSSR count). The van der Waals surface area contributed by atoms with Gasteiger partial charge < -0.3 is 0 Å². The largest absolute Gasteiger partial charge is 0.293 e. The summed E-state index contributed by atoms with van der Waals surface area (Å²) >= 11 is 0. The van der Waals surface area contributed by atoms with Crippen LogP contribution in [0.4, 0.5) is 4.39 Å². The van der Waals surface area contributed by atoms with Crippen LogP contribution in [-0.4, -0.2) is 19.6 Å². The van der Waals surface area contributed by atoms with Gasteiger partial charge in [-0.3, -0.25) is 4.79 Å². The van der Waals surface area contributed by atoms with E-state index >= 15 is 0 Å². The zero-order valence-corrected chi connectivity index (χ0v) is 13.6. The van der Waals surface area contributed by atoms with Crippen molar-refractivity contribution < 1.29 is 4.39 Å². The summed E-state index contributed by atoms with van der Waals surface area (Å²) in [5.74, 6) is -0.335. The van der Waals surface area contributed by atoms with Gasteiger partial charge in [0, 0.05) is 5.39 Å². The molecule has 25 heavy (non-hydrogen) atoms. The number of aryl methyl sites for hydroxylation is 1. The lowest BCUT2D eigenvalue weighted by atomic mass is 10.2. The molecule has 0 N–H and O–H groups in total. The van der Waals surface area contributed by atoms with Gasteiger partial charge in [0.25, 0.3) is 5.56 Å². The van der Waals surface area contributed by atoms with Gasteiger partial charge in [-0.25, -0.2) is 13.8 Å². The van der Waals surface area contributed by atoms with E-state index in [0.717, 1.165) is 5.69 Å². The van der Waals surface area contributed by atoms with E-state index in [9.17, 15) is 9.18 Å². The summed E-state index contributed by atoms with van der Waals surface area (Å²) in [5.41, 5.74) is 2.39. The second-order valence-corrected chi connectivity index (χ2v) is 5.83. The molecule has 0 aliphatic heterocycles. The number of rotatable bonds is 3. The van der Waals surface area contributed by atoms with Crippen molar-refractivity contribution in [3.8, 4) is 5.69 Å². The predicted octanol–water partition coefficient (Wildman–Crippen LogP) is 3.08. The average Bonchev–Trinajstić information content (AvgIpc) is 3.06. The number of nitrogens with zero attached hydrogens (tertiary/aromatic N) is 4. The highest BCUT2D eigenvalue weighted by Gasteiger charge is 2.15. The molecule has 0 unspecified atom stereocenters. The fourth-order valence-electron chi connectivity index (χ4n) is 2.90. The molecule has 0 radical (unpaired) electrons. The number of benzene rings is 2. The van der Waals surface area contributed by atoms with Crippen LogP contribution in [0.5, 0.6) is 0 Å². The van der Waals surface area contributed by atoms with Crippen molar-refractivity contribution in [2.24, 2.45) is 0 Å². The Morgan fingerprint density at radius 2 is 1.88 bits per heavy atom. The Bertz CT molecular complexity index is 1120. The zero-order valence-electron chi connectivity index (χ0n) is 13.6. The summed E-state index contributed by atoms with van der Waals surface area (Å²) in [6, 6.07) is 15.6. The van der Waals surface area contributed by atoms with Crippen LogP contribution in [-0.2, 0) is 6.54 Å². The molecule has 0 fully saturated rings. The minimum absolute atomic E-state index is 0.202. The van der Waals surface area contributed by atoms with Crippen LogP contribution < -0.4 is 5.56 Å². The molecular formula is C19H15FN4O. The molecule has 6 heteroatoms. The van der Waals surface area contributed by atoms with E-state index < -0.39 is 0 Å². The molecule has 0 spiro atoms. The normalized spacial score (nSPS) is 11.1. The van der Waals surface area contributed by atoms with Crippen molar-refractivity contribution in [1.29, 1.82) is 0 Å². The summed E-state index contributed by atoms with van der Waals surface area (Å²) in [4.78, 5) is 13.0. The maximum atomic E-state index is 13.4. The number of para-hydroxylation sites is 1. The number of aromatic nitrogens is 4. The van der Waals surface area contributed by atoms with E-state index in [1.54, 1.807) is 23.0 Å². The van der Waals surface area contributed by atoms with Crippen molar-refractivity contribution in [2.75, 3.05) is 0 Å². The van der Waals surface area contributed by atoms with Gasteiger partial charge in [0.05, 0.1) is 24.1 Å². The lowest BCUT2D eigenvalue weighted by molar-refractivity contribution is 0.609. The van der Waals surface area contributed by atoms with E-state index in [1.807, 2.05) is 37.3 Å². The topological polar surface area (TPSA) is 52.7 Å². The molecule has 2 aromatic carbocycles. The van der Waals surface area contributed by atoms with Gasteiger partial charge in [0.1, 0.15) is 11.3 Å². The smallest absolute Gasteiger partial charge is 0.265 e. The zero-order chi connectivity index (χ0) is 17.4. The lowest BCUT2D eigenvalue weighted by Gasteiger charge is -2.09. The molecular weight excluding hydrogens is 319 g/mol. The summed E-state index contributed by atoms with van der Waals surface area (Å²) in [6.45, 7) is 2.04. The molecule has 0 amide bonds. The average molecular weight is 334 g/mol. The second-order valence-electron chi connectivity index (χ2n) is 5.83. The first-order valence-corrected chi connectivity index (χ1v) is 7.89. The molecule has 0 bridgehead atoms. The quantitative estimate of drug-likeness (QED) is 0.578.